The lowest BCUT2D eigenvalue weighted by atomic mass is 9.97. The van der Waals surface area contributed by atoms with Gasteiger partial charge in [-0.3, -0.25) is 9.48 Å². The summed E-state index contributed by atoms with van der Waals surface area (Å²) >= 11 is 0. The summed E-state index contributed by atoms with van der Waals surface area (Å²) in [7, 11) is 0. The number of aromatic nitrogens is 4. The number of nitrogens with one attached hydrogen (secondary N) is 2. The van der Waals surface area contributed by atoms with Crippen LogP contribution < -0.4 is 5.32 Å². The Bertz CT molecular complexity index is 717. The van der Waals surface area contributed by atoms with Gasteiger partial charge in [0.1, 0.15) is 17.9 Å². The minimum Gasteiger partial charge on any atom is -0.378 e. The summed E-state index contributed by atoms with van der Waals surface area (Å²) in [5, 5.41) is 6.59. The Morgan fingerprint density at radius 2 is 2.33 bits per heavy atom. The van der Waals surface area contributed by atoms with Crippen molar-refractivity contribution in [3.8, 4) is 0 Å². The molecular formula is C14H16F3N5O2. The minimum absolute atomic E-state index is 0.0945. The van der Waals surface area contributed by atoms with Crippen LogP contribution in [0.2, 0.25) is 0 Å². The van der Waals surface area contributed by atoms with Gasteiger partial charge < -0.3 is 15.0 Å². The van der Waals surface area contributed by atoms with E-state index in [1.807, 2.05) is 0 Å². The number of ether oxygens (including phenoxy) is 1. The van der Waals surface area contributed by atoms with Crippen LogP contribution in [0.4, 0.5) is 13.2 Å². The number of aromatic amines is 1. The first kappa shape index (κ1) is 16.5. The standard InChI is InChI=1S/C14H16F3N5O2/c1-9-10(6-22(21-9)7-14(15,16)17)11(23)20-13(2-5-24-8-13)12-18-3-4-19-12/h3-4,6H,2,5,7-8H2,1H3,(H,18,19)(H,20,23). The molecule has 0 spiro atoms. The summed E-state index contributed by atoms with van der Waals surface area (Å²) in [5.41, 5.74) is -0.499. The van der Waals surface area contributed by atoms with E-state index in [0.717, 1.165) is 10.9 Å². The molecule has 1 saturated heterocycles. The van der Waals surface area contributed by atoms with Crippen molar-refractivity contribution in [1.82, 2.24) is 25.1 Å². The second kappa shape index (κ2) is 5.93. The van der Waals surface area contributed by atoms with Crippen molar-refractivity contribution < 1.29 is 22.7 Å². The van der Waals surface area contributed by atoms with Gasteiger partial charge in [0, 0.05) is 31.6 Å². The van der Waals surface area contributed by atoms with Crippen LogP contribution in [0.25, 0.3) is 0 Å². The molecule has 130 valence electrons. The molecule has 1 aliphatic rings. The molecule has 1 fully saturated rings. The van der Waals surface area contributed by atoms with E-state index in [9.17, 15) is 18.0 Å². The number of hydrogen-bond donors (Lipinski definition) is 2. The van der Waals surface area contributed by atoms with E-state index in [-0.39, 0.29) is 17.9 Å². The molecule has 2 N–H and O–H groups in total. The lowest BCUT2D eigenvalue weighted by Gasteiger charge is -2.26. The number of carbonyl (C=O) groups excluding carboxylic acids is 1. The van der Waals surface area contributed by atoms with Gasteiger partial charge in [0.2, 0.25) is 0 Å². The second-order valence-electron chi connectivity index (χ2n) is 5.72. The predicted octanol–water partition coefficient (Wildman–Crippen LogP) is 1.52. The van der Waals surface area contributed by atoms with Crippen LogP contribution in [0.1, 0.15) is 28.3 Å². The lowest BCUT2D eigenvalue weighted by molar-refractivity contribution is -0.142. The smallest absolute Gasteiger partial charge is 0.378 e. The molecule has 10 heteroatoms. The molecule has 1 aliphatic heterocycles. The monoisotopic (exact) mass is 343 g/mol. The Balaban J connectivity index is 1.82. The number of halogens is 3. The summed E-state index contributed by atoms with van der Waals surface area (Å²) < 4.78 is 43.5. The number of imidazole rings is 1. The highest BCUT2D eigenvalue weighted by atomic mass is 19.4. The lowest BCUT2D eigenvalue weighted by Crippen LogP contribution is -2.47. The highest BCUT2D eigenvalue weighted by Crippen LogP contribution is 2.28. The number of alkyl halides is 3. The first-order valence-corrected chi connectivity index (χ1v) is 7.30. The van der Waals surface area contributed by atoms with Crippen LogP contribution in [-0.2, 0) is 16.8 Å². The second-order valence-corrected chi connectivity index (χ2v) is 5.72. The normalized spacial score (nSPS) is 21.2. The van der Waals surface area contributed by atoms with Gasteiger partial charge in [0.25, 0.3) is 5.91 Å². The summed E-state index contributed by atoms with van der Waals surface area (Å²) in [6, 6.07) is 0. The van der Waals surface area contributed by atoms with Crippen molar-refractivity contribution in [1.29, 1.82) is 0 Å². The van der Waals surface area contributed by atoms with Gasteiger partial charge in [0.15, 0.2) is 0 Å². The van der Waals surface area contributed by atoms with E-state index < -0.39 is 24.2 Å². The molecule has 1 amide bonds. The molecule has 3 rings (SSSR count). The molecule has 0 bridgehead atoms. The fourth-order valence-electron chi connectivity index (χ4n) is 2.73. The number of hydrogen-bond acceptors (Lipinski definition) is 4. The molecule has 0 radical (unpaired) electrons. The number of amides is 1. The van der Waals surface area contributed by atoms with Crippen LogP contribution in [0.15, 0.2) is 18.6 Å². The van der Waals surface area contributed by atoms with Crippen molar-refractivity contribution in [2.75, 3.05) is 13.2 Å². The maximum absolute atomic E-state index is 12.6. The average Bonchev–Trinajstić information content (AvgIpc) is 3.17. The van der Waals surface area contributed by atoms with Gasteiger partial charge in [-0.05, 0) is 6.92 Å². The Morgan fingerprint density at radius 1 is 1.54 bits per heavy atom. The van der Waals surface area contributed by atoms with E-state index in [2.05, 4.69) is 20.4 Å². The number of aryl methyl sites for hydroxylation is 1. The maximum Gasteiger partial charge on any atom is 0.408 e. The van der Waals surface area contributed by atoms with Crippen molar-refractivity contribution in [3.63, 3.8) is 0 Å². The summed E-state index contributed by atoms with van der Waals surface area (Å²) in [5.74, 6) is 0.0384. The number of H-pyrrole nitrogens is 1. The van der Waals surface area contributed by atoms with Crippen LogP contribution in [0, 0.1) is 6.92 Å². The van der Waals surface area contributed by atoms with Gasteiger partial charge in [-0.2, -0.15) is 18.3 Å². The highest BCUT2D eigenvalue weighted by Gasteiger charge is 2.41. The molecule has 2 aromatic rings. The molecule has 2 aromatic heterocycles. The topological polar surface area (TPSA) is 84.8 Å². The van der Waals surface area contributed by atoms with Gasteiger partial charge >= 0.3 is 6.18 Å². The Morgan fingerprint density at radius 3 is 2.92 bits per heavy atom. The van der Waals surface area contributed by atoms with E-state index in [1.165, 1.54) is 6.92 Å². The third-order valence-electron chi connectivity index (χ3n) is 3.86. The van der Waals surface area contributed by atoms with Crippen molar-refractivity contribution in [3.05, 3.63) is 35.7 Å². The third-order valence-corrected chi connectivity index (χ3v) is 3.86. The highest BCUT2D eigenvalue weighted by molar-refractivity contribution is 5.95. The van der Waals surface area contributed by atoms with Crippen molar-refractivity contribution in [2.24, 2.45) is 0 Å². The average molecular weight is 343 g/mol. The number of rotatable bonds is 4. The number of carbonyl (C=O) groups is 1. The molecule has 0 aromatic carbocycles. The van der Waals surface area contributed by atoms with Gasteiger partial charge in [0.05, 0.1) is 17.9 Å². The van der Waals surface area contributed by atoms with Crippen LogP contribution in [0.3, 0.4) is 0 Å². The SMILES string of the molecule is Cc1nn(CC(F)(F)F)cc1C(=O)NC1(c2ncc[nH]2)CCOC1. The fourth-order valence-corrected chi connectivity index (χ4v) is 2.73. The third kappa shape index (κ3) is 3.28. The molecule has 3 heterocycles. The first-order valence-electron chi connectivity index (χ1n) is 7.30. The van der Waals surface area contributed by atoms with E-state index >= 15 is 0 Å². The molecule has 24 heavy (non-hydrogen) atoms. The minimum atomic E-state index is -4.40. The van der Waals surface area contributed by atoms with Gasteiger partial charge in [-0.1, -0.05) is 0 Å². The van der Waals surface area contributed by atoms with Crippen molar-refractivity contribution >= 4 is 5.91 Å². The number of nitrogens with zero attached hydrogens (tertiary/aromatic N) is 3. The molecule has 0 saturated carbocycles. The molecule has 1 unspecified atom stereocenters. The predicted molar refractivity (Wildman–Crippen MR) is 76.2 cm³/mol. The summed E-state index contributed by atoms with van der Waals surface area (Å²) in [6.45, 7) is 0.940. The fraction of sp³-hybridized carbons (Fsp3) is 0.500. The summed E-state index contributed by atoms with van der Waals surface area (Å²) in [6.07, 6.45) is 0.412. The Labute approximate surface area is 135 Å². The molecule has 7 nitrogen and oxygen atoms in total. The van der Waals surface area contributed by atoms with Crippen molar-refractivity contribution in [2.45, 2.75) is 31.6 Å². The Hall–Kier alpha value is -2.36. The molecule has 1 atom stereocenters. The zero-order valence-electron chi connectivity index (χ0n) is 12.9. The van der Waals surface area contributed by atoms with Gasteiger partial charge in [-0.25, -0.2) is 4.98 Å². The van der Waals surface area contributed by atoms with E-state index in [0.29, 0.717) is 18.9 Å². The van der Waals surface area contributed by atoms with Crippen LogP contribution >= 0.6 is 0 Å². The Kier molecular flexibility index (Phi) is 4.08. The maximum atomic E-state index is 12.6. The quantitative estimate of drug-likeness (QED) is 0.882. The van der Waals surface area contributed by atoms with Crippen LogP contribution in [-0.4, -0.2) is 45.0 Å². The first-order chi connectivity index (χ1) is 11.3. The molecular weight excluding hydrogens is 327 g/mol. The van der Waals surface area contributed by atoms with Crippen LogP contribution in [0.5, 0.6) is 0 Å². The van der Waals surface area contributed by atoms with E-state index in [1.54, 1.807) is 12.4 Å². The largest absolute Gasteiger partial charge is 0.408 e. The van der Waals surface area contributed by atoms with E-state index in [4.69, 9.17) is 4.74 Å². The zero-order valence-corrected chi connectivity index (χ0v) is 12.9. The van der Waals surface area contributed by atoms with Gasteiger partial charge in [-0.15, -0.1) is 0 Å². The zero-order chi connectivity index (χ0) is 17.4. The molecule has 0 aliphatic carbocycles. The summed E-state index contributed by atoms with van der Waals surface area (Å²) in [4.78, 5) is 19.7.